The lowest BCUT2D eigenvalue weighted by molar-refractivity contribution is 0.387. The normalized spacial score (nSPS) is 18.0. The molecule has 0 radical (unpaired) electrons. The van der Waals surface area contributed by atoms with Gasteiger partial charge in [0.05, 0.1) is 13.3 Å². The van der Waals surface area contributed by atoms with Crippen molar-refractivity contribution < 1.29 is 4.74 Å². The Morgan fingerprint density at radius 3 is 2.95 bits per heavy atom. The highest BCUT2D eigenvalue weighted by atomic mass is 16.5. The quantitative estimate of drug-likeness (QED) is 0.905. The number of fused-ring (bicyclic) bond motifs is 1. The summed E-state index contributed by atoms with van der Waals surface area (Å²) in [6, 6.07) is 11.1. The molecule has 1 N–H and O–H groups in total. The molecule has 0 spiro atoms. The van der Waals surface area contributed by atoms with E-state index in [1.165, 1.54) is 23.1 Å². The third kappa shape index (κ3) is 2.29. The maximum atomic E-state index is 5.43. The topological polar surface area (TPSA) is 34.2 Å². The van der Waals surface area contributed by atoms with Crippen LogP contribution in [0.15, 0.2) is 42.7 Å². The second-order valence-corrected chi connectivity index (χ2v) is 5.29. The Kier molecular flexibility index (Phi) is 3.70. The SMILES string of the molecule is CNC(CC1Cc2ccccc21)c1ccncc1OC. The van der Waals surface area contributed by atoms with Crippen LogP contribution in [0.5, 0.6) is 5.75 Å². The van der Waals surface area contributed by atoms with Crippen molar-refractivity contribution >= 4 is 0 Å². The Bertz CT molecular complexity index is 597. The summed E-state index contributed by atoms with van der Waals surface area (Å²) in [6.45, 7) is 0. The van der Waals surface area contributed by atoms with Gasteiger partial charge in [0.1, 0.15) is 5.75 Å². The molecule has 0 amide bonds. The zero-order valence-electron chi connectivity index (χ0n) is 12.0. The third-order valence-corrected chi connectivity index (χ3v) is 4.24. The first-order valence-electron chi connectivity index (χ1n) is 7.06. The van der Waals surface area contributed by atoms with Crippen LogP contribution in [0.1, 0.15) is 35.1 Å². The molecule has 2 unspecified atom stereocenters. The summed E-state index contributed by atoms with van der Waals surface area (Å²) in [6.07, 6.45) is 5.89. The number of rotatable bonds is 5. The first-order valence-corrected chi connectivity index (χ1v) is 7.06. The summed E-state index contributed by atoms with van der Waals surface area (Å²) in [5.41, 5.74) is 4.18. The molecule has 3 nitrogen and oxygen atoms in total. The minimum atomic E-state index is 0.298. The molecule has 0 fully saturated rings. The van der Waals surface area contributed by atoms with E-state index in [0.29, 0.717) is 12.0 Å². The van der Waals surface area contributed by atoms with E-state index in [9.17, 15) is 0 Å². The minimum Gasteiger partial charge on any atom is -0.495 e. The van der Waals surface area contributed by atoms with Crippen molar-refractivity contribution in [2.45, 2.75) is 24.8 Å². The van der Waals surface area contributed by atoms with Gasteiger partial charge in [-0.2, -0.15) is 0 Å². The van der Waals surface area contributed by atoms with Gasteiger partial charge in [-0.05, 0) is 43.0 Å². The molecule has 2 atom stereocenters. The zero-order valence-corrected chi connectivity index (χ0v) is 12.0. The van der Waals surface area contributed by atoms with Crippen LogP contribution in [0, 0.1) is 0 Å². The fraction of sp³-hybridized carbons (Fsp3) is 0.353. The van der Waals surface area contributed by atoms with Crippen LogP contribution in [0.25, 0.3) is 0 Å². The van der Waals surface area contributed by atoms with E-state index in [0.717, 1.165) is 12.2 Å². The lowest BCUT2D eigenvalue weighted by Crippen LogP contribution is -2.25. The molecule has 0 saturated carbocycles. The number of hydrogen-bond donors (Lipinski definition) is 1. The average Bonchev–Trinajstić information content (AvgIpc) is 2.49. The molecule has 0 aliphatic heterocycles. The van der Waals surface area contributed by atoms with Crippen molar-refractivity contribution in [1.82, 2.24) is 10.3 Å². The zero-order chi connectivity index (χ0) is 13.9. The van der Waals surface area contributed by atoms with Gasteiger partial charge in [-0.15, -0.1) is 0 Å². The van der Waals surface area contributed by atoms with Gasteiger partial charge in [0.2, 0.25) is 0 Å². The molecule has 1 heterocycles. The number of hydrogen-bond acceptors (Lipinski definition) is 3. The van der Waals surface area contributed by atoms with Gasteiger partial charge < -0.3 is 10.1 Å². The molecule has 1 aromatic heterocycles. The molecule has 3 heteroatoms. The predicted molar refractivity (Wildman–Crippen MR) is 80.1 cm³/mol. The molecule has 104 valence electrons. The Morgan fingerprint density at radius 2 is 2.20 bits per heavy atom. The van der Waals surface area contributed by atoms with E-state index in [-0.39, 0.29) is 0 Å². The van der Waals surface area contributed by atoms with Crippen molar-refractivity contribution in [3.8, 4) is 5.75 Å². The van der Waals surface area contributed by atoms with Crippen molar-refractivity contribution in [1.29, 1.82) is 0 Å². The summed E-state index contributed by atoms with van der Waals surface area (Å²) in [5, 5.41) is 3.42. The molecular formula is C17H20N2O. The van der Waals surface area contributed by atoms with Gasteiger partial charge >= 0.3 is 0 Å². The van der Waals surface area contributed by atoms with Gasteiger partial charge in [0.25, 0.3) is 0 Å². The van der Waals surface area contributed by atoms with Crippen LogP contribution in [0.2, 0.25) is 0 Å². The monoisotopic (exact) mass is 268 g/mol. The predicted octanol–water partition coefficient (Wildman–Crippen LogP) is 3.08. The largest absolute Gasteiger partial charge is 0.495 e. The summed E-state index contributed by atoms with van der Waals surface area (Å²) in [7, 11) is 3.71. The number of nitrogens with one attached hydrogen (secondary N) is 1. The van der Waals surface area contributed by atoms with E-state index in [1.54, 1.807) is 13.3 Å². The second-order valence-electron chi connectivity index (χ2n) is 5.29. The maximum absolute atomic E-state index is 5.43. The standard InChI is InChI=1S/C17H20N2O/c1-18-16(15-7-8-19-11-17(15)20-2)10-13-9-12-5-3-4-6-14(12)13/h3-8,11,13,16,18H,9-10H2,1-2H3. The van der Waals surface area contributed by atoms with Crippen molar-refractivity contribution in [2.75, 3.05) is 14.2 Å². The lowest BCUT2D eigenvalue weighted by atomic mass is 9.74. The Hall–Kier alpha value is -1.87. The third-order valence-electron chi connectivity index (χ3n) is 4.24. The van der Waals surface area contributed by atoms with Gasteiger partial charge in [0.15, 0.2) is 0 Å². The fourth-order valence-corrected chi connectivity index (χ4v) is 3.11. The van der Waals surface area contributed by atoms with Gasteiger partial charge in [-0.1, -0.05) is 24.3 Å². The number of methoxy groups -OCH3 is 1. The smallest absolute Gasteiger partial charge is 0.141 e. The lowest BCUT2D eigenvalue weighted by Gasteiger charge is -2.33. The van der Waals surface area contributed by atoms with Crippen molar-refractivity contribution in [3.05, 3.63) is 59.4 Å². The van der Waals surface area contributed by atoms with Crippen molar-refractivity contribution in [3.63, 3.8) is 0 Å². The molecule has 20 heavy (non-hydrogen) atoms. The van der Waals surface area contributed by atoms with Crippen LogP contribution in [-0.2, 0) is 6.42 Å². The summed E-state index contributed by atoms with van der Waals surface area (Å²) < 4.78 is 5.43. The number of pyridine rings is 1. The Balaban J connectivity index is 1.79. The molecule has 2 aromatic rings. The van der Waals surface area contributed by atoms with Gasteiger partial charge in [-0.25, -0.2) is 0 Å². The first-order chi connectivity index (χ1) is 9.83. The van der Waals surface area contributed by atoms with Crippen LogP contribution >= 0.6 is 0 Å². The highest BCUT2D eigenvalue weighted by molar-refractivity contribution is 5.41. The number of nitrogens with zero attached hydrogens (tertiary/aromatic N) is 1. The van der Waals surface area contributed by atoms with Crippen LogP contribution < -0.4 is 10.1 Å². The summed E-state index contributed by atoms with van der Waals surface area (Å²) in [5.74, 6) is 1.50. The molecule has 0 saturated heterocycles. The number of aromatic nitrogens is 1. The Labute approximate surface area is 120 Å². The highest BCUT2D eigenvalue weighted by Gasteiger charge is 2.29. The van der Waals surface area contributed by atoms with E-state index < -0.39 is 0 Å². The molecule has 1 aliphatic rings. The Morgan fingerprint density at radius 1 is 1.35 bits per heavy atom. The molecule has 0 bridgehead atoms. The van der Waals surface area contributed by atoms with E-state index in [2.05, 4.69) is 34.6 Å². The van der Waals surface area contributed by atoms with E-state index in [4.69, 9.17) is 4.74 Å². The number of ether oxygens (including phenoxy) is 1. The van der Waals surface area contributed by atoms with Gasteiger partial charge in [0, 0.05) is 17.8 Å². The van der Waals surface area contributed by atoms with Gasteiger partial charge in [-0.3, -0.25) is 4.98 Å². The van der Waals surface area contributed by atoms with Crippen molar-refractivity contribution in [2.24, 2.45) is 0 Å². The molecule has 1 aliphatic carbocycles. The van der Waals surface area contributed by atoms with Crippen LogP contribution in [0.3, 0.4) is 0 Å². The maximum Gasteiger partial charge on any atom is 0.141 e. The van der Waals surface area contributed by atoms with E-state index >= 15 is 0 Å². The average molecular weight is 268 g/mol. The summed E-state index contributed by atoms with van der Waals surface area (Å²) in [4.78, 5) is 4.13. The van der Waals surface area contributed by atoms with Crippen LogP contribution in [-0.4, -0.2) is 19.1 Å². The van der Waals surface area contributed by atoms with Crippen LogP contribution in [0.4, 0.5) is 0 Å². The minimum absolute atomic E-state index is 0.298. The molecule has 3 rings (SSSR count). The molecule has 1 aromatic carbocycles. The first kappa shape index (κ1) is 13.1. The second kappa shape index (κ2) is 5.63. The fourth-order valence-electron chi connectivity index (χ4n) is 3.11. The van der Waals surface area contributed by atoms with E-state index in [1.807, 2.05) is 19.3 Å². The summed E-state index contributed by atoms with van der Waals surface area (Å²) >= 11 is 0. The number of benzene rings is 1. The highest BCUT2D eigenvalue weighted by Crippen LogP contribution is 2.41. The molecular weight excluding hydrogens is 248 g/mol.